The molecule has 6 heterocycles. The maximum Gasteiger partial charge on any atom is 0.319 e. The summed E-state index contributed by atoms with van der Waals surface area (Å²) in [4.78, 5) is 13.8. The molecule has 49 heavy (non-hydrogen) atoms. The highest BCUT2D eigenvalue weighted by molar-refractivity contribution is 7.23. The number of anilines is 2. The number of nitrogens with zero attached hydrogens (tertiary/aromatic N) is 5. The molecule has 4 aromatic rings. The van der Waals surface area contributed by atoms with Gasteiger partial charge in [-0.2, -0.15) is 15.2 Å². The van der Waals surface area contributed by atoms with E-state index in [0.29, 0.717) is 49.7 Å². The third-order valence-electron chi connectivity index (χ3n) is 10.7. The van der Waals surface area contributed by atoms with E-state index in [1.165, 1.54) is 12.1 Å². The second kappa shape index (κ2) is 12.3. The molecule has 0 amide bonds. The number of ether oxygens (including phenoxy) is 3. The van der Waals surface area contributed by atoms with Crippen molar-refractivity contribution in [3.05, 3.63) is 34.4 Å². The van der Waals surface area contributed by atoms with Crippen LogP contribution in [0.2, 0.25) is 5.02 Å². The molecule has 0 bridgehead atoms. The van der Waals surface area contributed by atoms with Crippen molar-refractivity contribution in [2.24, 2.45) is 5.92 Å². The van der Waals surface area contributed by atoms with Crippen LogP contribution >= 0.6 is 22.9 Å². The van der Waals surface area contributed by atoms with Gasteiger partial charge in [-0.05, 0) is 43.4 Å². The highest BCUT2D eigenvalue weighted by Crippen LogP contribution is 2.51. The number of aromatic nitrogens is 2. The van der Waals surface area contributed by atoms with Gasteiger partial charge in [0.1, 0.15) is 41.0 Å². The summed E-state index contributed by atoms with van der Waals surface area (Å²) in [6, 6.07) is 4.48. The van der Waals surface area contributed by atoms with Crippen molar-refractivity contribution in [3.63, 3.8) is 0 Å². The molecule has 9 nitrogen and oxygen atoms in total. The number of alkyl halides is 1. The van der Waals surface area contributed by atoms with E-state index in [-0.39, 0.29) is 79.4 Å². The Labute approximate surface area is 290 Å². The Kier molecular flexibility index (Phi) is 8.21. The molecule has 0 aliphatic carbocycles. The summed E-state index contributed by atoms with van der Waals surface area (Å²) in [6.07, 6.45) is 2.46. The predicted octanol–water partition coefficient (Wildman–Crippen LogP) is 7.25. The molecule has 0 spiro atoms. The Balaban J connectivity index is 1.34. The fourth-order valence-corrected chi connectivity index (χ4v) is 9.52. The third kappa shape index (κ3) is 5.25. The molecule has 4 aliphatic rings. The van der Waals surface area contributed by atoms with Crippen LogP contribution in [0.15, 0.2) is 12.1 Å². The highest BCUT2D eigenvalue weighted by atomic mass is 35.5. The van der Waals surface area contributed by atoms with Crippen LogP contribution in [-0.2, 0) is 4.74 Å². The minimum absolute atomic E-state index is 0.0288. The number of nitrogen functional groups attached to an aromatic ring is 1. The first-order valence-electron chi connectivity index (χ1n) is 16.8. The highest BCUT2D eigenvalue weighted by Gasteiger charge is 2.49. The maximum atomic E-state index is 17.3. The van der Waals surface area contributed by atoms with E-state index in [1.54, 1.807) is 0 Å². The topological polar surface area (TPSA) is 110 Å². The van der Waals surface area contributed by atoms with Gasteiger partial charge < -0.3 is 24.8 Å². The number of thiophene rings is 1. The number of fused-ring (bicyclic) bond motifs is 4. The number of nitrogens with two attached hydrogens (primary N) is 1. The van der Waals surface area contributed by atoms with E-state index < -0.39 is 23.3 Å². The minimum Gasteiger partial charge on any atom is -0.491 e. The first-order chi connectivity index (χ1) is 23.6. The molecular weight excluding hydrogens is 677 g/mol. The Morgan fingerprint density at radius 1 is 1.22 bits per heavy atom. The van der Waals surface area contributed by atoms with Crippen molar-refractivity contribution in [1.29, 1.82) is 5.26 Å². The van der Waals surface area contributed by atoms with Gasteiger partial charge in [0.2, 0.25) is 0 Å². The van der Waals surface area contributed by atoms with Crippen molar-refractivity contribution < 1.29 is 27.4 Å². The number of benzene rings is 2. The minimum atomic E-state index is -0.944. The number of rotatable bonds is 5. The molecule has 14 heteroatoms. The van der Waals surface area contributed by atoms with Crippen LogP contribution in [-0.4, -0.2) is 78.2 Å². The Bertz CT molecular complexity index is 2020. The average Bonchev–Trinajstić information content (AvgIpc) is 3.65. The largest absolute Gasteiger partial charge is 0.491 e. The molecule has 2 aromatic carbocycles. The molecule has 4 aliphatic heterocycles. The van der Waals surface area contributed by atoms with Gasteiger partial charge in [-0.15, -0.1) is 11.3 Å². The summed E-state index contributed by atoms with van der Waals surface area (Å²) in [5.41, 5.74) is 5.70. The van der Waals surface area contributed by atoms with E-state index in [1.807, 2.05) is 6.07 Å². The lowest BCUT2D eigenvalue weighted by molar-refractivity contribution is 0.0209. The zero-order valence-corrected chi connectivity index (χ0v) is 28.8. The Hall–Kier alpha value is -3.57. The summed E-state index contributed by atoms with van der Waals surface area (Å²) in [6.45, 7) is 6.83. The second-order valence-electron chi connectivity index (χ2n) is 13.9. The number of halogens is 4. The van der Waals surface area contributed by atoms with E-state index in [2.05, 4.69) is 28.6 Å². The van der Waals surface area contributed by atoms with Crippen molar-refractivity contribution in [2.75, 3.05) is 50.1 Å². The first-order valence-corrected chi connectivity index (χ1v) is 18.0. The standard InChI is InChI=1S/C35H36ClF3N6O3S/c1-17(2)23-6-10-45-19(15-47-23)7-11-46-30-26-29(42-34(43-33(26)45)48-16-35-8-3-9-44(35)14-18(37)12-35)28(39)25(27(30)36)20-4-5-22(38)31-24(20)21(13-40)32(41)49-31/h4-5,17-19,23H,3,6-12,14-16,41H2,1-2H3/t18-,19?,23?,35+/m1/s1. The zero-order valence-electron chi connectivity index (χ0n) is 27.2. The van der Waals surface area contributed by atoms with E-state index in [0.717, 1.165) is 37.1 Å². The molecule has 8 rings (SSSR count). The van der Waals surface area contributed by atoms with Gasteiger partial charge >= 0.3 is 6.01 Å². The molecule has 3 saturated heterocycles. The van der Waals surface area contributed by atoms with Gasteiger partial charge in [0.05, 0.1) is 51.6 Å². The lowest BCUT2D eigenvalue weighted by atomic mass is 9.95. The van der Waals surface area contributed by atoms with Gasteiger partial charge in [0.25, 0.3) is 0 Å². The zero-order chi connectivity index (χ0) is 34.2. The van der Waals surface area contributed by atoms with Crippen molar-refractivity contribution in [3.8, 4) is 29.0 Å². The van der Waals surface area contributed by atoms with Gasteiger partial charge in [-0.25, -0.2) is 13.2 Å². The first kappa shape index (κ1) is 32.6. The summed E-state index contributed by atoms with van der Waals surface area (Å²) >= 11 is 8.01. The number of nitriles is 1. The molecule has 0 radical (unpaired) electrons. The molecule has 0 saturated carbocycles. The maximum absolute atomic E-state index is 17.3. The van der Waals surface area contributed by atoms with Crippen molar-refractivity contribution in [1.82, 2.24) is 14.9 Å². The quantitative estimate of drug-likeness (QED) is 0.229. The molecule has 258 valence electrons. The summed E-state index contributed by atoms with van der Waals surface area (Å²) in [5, 5.41) is 10.5. The third-order valence-corrected chi connectivity index (χ3v) is 12.1. The van der Waals surface area contributed by atoms with Gasteiger partial charge in [-0.3, -0.25) is 4.90 Å². The lowest BCUT2D eigenvalue weighted by Gasteiger charge is -2.34. The molecule has 2 unspecified atom stereocenters. The summed E-state index contributed by atoms with van der Waals surface area (Å²) in [7, 11) is 0. The summed E-state index contributed by atoms with van der Waals surface area (Å²) < 4.78 is 66.1. The lowest BCUT2D eigenvalue weighted by Crippen LogP contribution is -2.43. The van der Waals surface area contributed by atoms with E-state index in [4.69, 9.17) is 36.5 Å². The normalized spacial score (nSPS) is 25.5. The van der Waals surface area contributed by atoms with Gasteiger partial charge in [0.15, 0.2) is 11.6 Å². The van der Waals surface area contributed by atoms with Crippen LogP contribution in [0.4, 0.5) is 24.0 Å². The number of hydrogen-bond acceptors (Lipinski definition) is 10. The fourth-order valence-electron chi connectivity index (χ4n) is 8.23. The van der Waals surface area contributed by atoms with Crippen LogP contribution in [0.25, 0.3) is 32.1 Å². The second-order valence-corrected chi connectivity index (χ2v) is 15.3. The monoisotopic (exact) mass is 712 g/mol. The van der Waals surface area contributed by atoms with Crippen molar-refractivity contribution >= 4 is 54.7 Å². The smallest absolute Gasteiger partial charge is 0.319 e. The predicted molar refractivity (Wildman–Crippen MR) is 183 cm³/mol. The average molecular weight is 713 g/mol. The number of hydrogen-bond donors (Lipinski definition) is 1. The molecule has 3 fully saturated rings. The van der Waals surface area contributed by atoms with Crippen LogP contribution in [0.3, 0.4) is 0 Å². The van der Waals surface area contributed by atoms with Gasteiger partial charge in [0, 0.05) is 36.9 Å². The fraction of sp³-hybridized carbons (Fsp3) is 0.514. The van der Waals surface area contributed by atoms with Gasteiger partial charge in [-0.1, -0.05) is 31.5 Å². The molecular formula is C35H36ClF3N6O3S. The molecule has 2 N–H and O–H groups in total. The van der Waals surface area contributed by atoms with E-state index in [9.17, 15) is 9.65 Å². The van der Waals surface area contributed by atoms with Crippen LogP contribution in [0, 0.1) is 28.9 Å². The molecule has 4 atom stereocenters. The van der Waals surface area contributed by atoms with Crippen LogP contribution in [0.5, 0.6) is 11.8 Å². The molecule has 2 aromatic heterocycles. The summed E-state index contributed by atoms with van der Waals surface area (Å²) in [5.74, 6) is -0.482. The van der Waals surface area contributed by atoms with Crippen LogP contribution < -0.4 is 20.1 Å². The van der Waals surface area contributed by atoms with E-state index >= 15 is 8.78 Å². The van der Waals surface area contributed by atoms with Crippen LogP contribution in [0.1, 0.15) is 51.5 Å². The SMILES string of the molecule is CC(C)C1CCN2c3nc(OC[C@@]45CCCN4C[C@H](F)C5)nc4c(F)c(-c5ccc(F)c6sc(N)c(C#N)c56)c(Cl)c(c34)OCCC2CO1. The van der Waals surface area contributed by atoms with Crippen molar-refractivity contribution in [2.45, 2.75) is 69.8 Å². The Morgan fingerprint density at radius 3 is 2.86 bits per heavy atom. The Morgan fingerprint density at radius 2 is 2.06 bits per heavy atom.